The first-order valence-corrected chi connectivity index (χ1v) is 7.46. The lowest BCUT2D eigenvalue weighted by Crippen LogP contribution is -2.18. The molecular formula is C16H16BrF2NO. The van der Waals surface area contributed by atoms with Crippen molar-refractivity contribution in [3.05, 3.63) is 58.1 Å². The highest BCUT2D eigenvalue weighted by molar-refractivity contribution is 9.10. The molecule has 0 aromatic heterocycles. The average molecular weight is 356 g/mol. The molecule has 0 saturated heterocycles. The Balaban J connectivity index is 2.33. The third-order valence-electron chi connectivity index (χ3n) is 3.07. The summed E-state index contributed by atoms with van der Waals surface area (Å²) in [5.41, 5.74) is 0.949. The van der Waals surface area contributed by atoms with Crippen LogP contribution in [-0.2, 0) is 0 Å². The fourth-order valence-electron chi connectivity index (χ4n) is 2.04. The van der Waals surface area contributed by atoms with E-state index in [0.29, 0.717) is 5.75 Å². The van der Waals surface area contributed by atoms with Gasteiger partial charge in [-0.25, -0.2) is 8.78 Å². The van der Waals surface area contributed by atoms with Gasteiger partial charge in [-0.3, -0.25) is 0 Å². The minimum absolute atomic E-state index is 0.0865. The summed E-state index contributed by atoms with van der Waals surface area (Å²) in [6.07, 6.45) is 0. The Hall–Kier alpha value is -1.46. The highest BCUT2D eigenvalue weighted by Gasteiger charge is 2.13. The molecule has 0 saturated carbocycles. The second-order valence-electron chi connectivity index (χ2n) is 4.64. The van der Waals surface area contributed by atoms with E-state index in [4.69, 9.17) is 4.74 Å². The zero-order valence-electron chi connectivity index (χ0n) is 11.8. The number of hydrogen-bond donors (Lipinski definition) is 1. The fraction of sp³-hybridized carbons (Fsp3) is 0.250. The van der Waals surface area contributed by atoms with Gasteiger partial charge in [0.1, 0.15) is 11.5 Å². The Labute approximate surface area is 131 Å². The van der Waals surface area contributed by atoms with Crippen molar-refractivity contribution >= 4 is 15.9 Å². The Morgan fingerprint density at radius 1 is 1.14 bits per heavy atom. The third-order valence-corrected chi connectivity index (χ3v) is 3.56. The quantitative estimate of drug-likeness (QED) is 0.796. The van der Waals surface area contributed by atoms with Crippen LogP contribution in [0.15, 0.2) is 40.9 Å². The second kappa shape index (κ2) is 7.00. The SMILES string of the molecule is CCNC(C)c1ccc(Br)cc1Oc1ccc(F)c(F)c1. The maximum Gasteiger partial charge on any atom is 0.162 e. The molecule has 2 rings (SSSR count). The number of benzene rings is 2. The van der Waals surface area contributed by atoms with Gasteiger partial charge in [-0.2, -0.15) is 0 Å². The van der Waals surface area contributed by atoms with Crippen LogP contribution in [0.1, 0.15) is 25.5 Å². The van der Waals surface area contributed by atoms with Crippen LogP contribution in [0.25, 0.3) is 0 Å². The minimum Gasteiger partial charge on any atom is -0.457 e. The molecule has 0 aliphatic rings. The van der Waals surface area contributed by atoms with Crippen molar-refractivity contribution in [1.29, 1.82) is 0 Å². The molecule has 2 nitrogen and oxygen atoms in total. The molecule has 0 aliphatic carbocycles. The van der Waals surface area contributed by atoms with Gasteiger partial charge in [-0.1, -0.05) is 28.9 Å². The van der Waals surface area contributed by atoms with Crippen LogP contribution in [0.2, 0.25) is 0 Å². The Bertz CT molecular complexity index is 634. The molecule has 1 N–H and O–H groups in total. The summed E-state index contributed by atoms with van der Waals surface area (Å²) in [6, 6.07) is 9.25. The summed E-state index contributed by atoms with van der Waals surface area (Å²) in [5, 5.41) is 3.30. The normalized spacial score (nSPS) is 12.2. The van der Waals surface area contributed by atoms with Crippen molar-refractivity contribution < 1.29 is 13.5 Å². The van der Waals surface area contributed by atoms with Gasteiger partial charge in [0.05, 0.1) is 0 Å². The van der Waals surface area contributed by atoms with Crippen LogP contribution in [0.3, 0.4) is 0 Å². The van der Waals surface area contributed by atoms with Crippen molar-refractivity contribution in [1.82, 2.24) is 5.32 Å². The lowest BCUT2D eigenvalue weighted by molar-refractivity contribution is 0.448. The first-order valence-electron chi connectivity index (χ1n) is 6.67. The monoisotopic (exact) mass is 355 g/mol. The van der Waals surface area contributed by atoms with Gasteiger partial charge >= 0.3 is 0 Å². The van der Waals surface area contributed by atoms with E-state index in [1.54, 1.807) is 0 Å². The summed E-state index contributed by atoms with van der Waals surface area (Å²) >= 11 is 3.39. The molecule has 2 aromatic rings. The van der Waals surface area contributed by atoms with E-state index in [2.05, 4.69) is 21.2 Å². The highest BCUT2D eigenvalue weighted by atomic mass is 79.9. The summed E-state index contributed by atoms with van der Waals surface area (Å²) in [7, 11) is 0. The lowest BCUT2D eigenvalue weighted by atomic mass is 10.1. The van der Waals surface area contributed by atoms with Crippen LogP contribution in [0.4, 0.5) is 8.78 Å². The van der Waals surface area contributed by atoms with E-state index in [-0.39, 0.29) is 11.8 Å². The van der Waals surface area contributed by atoms with E-state index in [1.165, 1.54) is 6.07 Å². The molecule has 21 heavy (non-hydrogen) atoms. The smallest absolute Gasteiger partial charge is 0.162 e. The molecular weight excluding hydrogens is 340 g/mol. The lowest BCUT2D eigenvalue weighted by Gasteiger charge is -2.18. The molecule has 1 unspecified atom stereocenters. The number of halogens is 3. The number of nitrogens with one attached hydrogen (secondary N) is 1. The Morgan fingerprint density at radius 3 is 2.57 bits per heavy atom. The van der Waals surface area contributed by atoms with Gasteiger partial charge in [0.25, 0.3) is 0 Å². The number of ether oxygens (including phenoxy) is 1. The second-order valence-corrected chi connectivity index (χ2v) is 5.56. The summed E-state index contributed by atoms with van der Waals surface area (Å²) in [6.45, 7) is 4.86. The average Bonchev–Trinajstić information content (AvgIpc) is 2.43. The van der Waals surface area contributed by atoms with Gasteiger partial charge in [0.15, 0.2) is 11.6 Å². The van der Waals surface area contributed by atoms with Crippen molar-refractivity contribution in [2.75, 3.05) is 6.54 Å². The first kappa shape index (κ1) is 15.9. The fourth-order valence-corrected chi connectivity index (χ4v) is 2.38. The minimum atomic E-state index is -0.927. The molecule has 0 heterocycles. The zero-order chi connectivity index (χ0) is 15.4. The molecule has 0 bridgehead atoms. The largest absolute Gasteiger partial charge is 0.457 e. The van der Waals surface area contributed by atoms with Gasteiger partial charge in [0.2, 0.25) is 0 Å². The third kappa shape index (κ3) is 4.02. The molecule has 0 fully saturated rings. The van der Waals surface area contributed by atoms with E-state index >= 15 is 0 Å². The predicted molar refractivity (Wildman–Crippen MR) is 82.7 cm³/mol. The molecule has 0 amide bonds. The van der Waals surface area contributed by atoms with Crippen molar-refractivity contribution in [2.24, 2.45) is 0 Å². The molecule has 112 valence electrons. The predicted octanol–water partition coefficient (Wildman–Crippen LogP) is 5.19. The van der Waals surface area contributed by atoms with Crippen LogP contribution >= 0.6 is 15.9 Å². The Kier molecular flexibility index (Phi) is 5.31. The van der Waals surface area contributed by atoms with Gasteiger partial charge in [-0.05, 0) is 37.7 Å². The maximum absolute atomic E-state index is 13.3. The maximum atomic E-state index is 13.3. The Morgan fingerprint density at radius 2 is 1.90 bits per heavy atom. The molecule has 0 radical (unpaired) electrons. The number of hydrogen-bond acceptors (Lipinski definition) is 2. The summed E-state index contributed by atoms with van der Waals surface area (Å²) < 4.78 is 32.8. The zero-order valence-corrected chi connectivity index (χ0v) is 13.4. The number of rotatable bonds is 5. The topological polar surface area (TPSA) is 21.3 Å². The first-order chi connectivity index (χ1) is 10.0. The van der Waals surface area contributed by atoms with Crippen LogP contribution in [-0.4, -0.2) is 6.54 Å². The van der Waals surface area contributed by atoms with Crippen LogP contribution in [0.5, 0.6) is 11.5 Å². The molecule has 0 spiro atoms. The van der Waals surface area contributed by atoms with E-state index < -0.39 is 11.6 Å². The van der Waals surface area contributed by atoms with Gasteiger partial charge in [-0.15, -0.1) is 0 Å². The summed E-state index contributed by atoms with van der Waals surface area (Å²) in [4.78, 5) is 0. The molecule has 2 aromatic carbocycles. The van der Waals surface area contributed by atoms with Crippen molar-refractivity contribution in [2.45, 2.75) is 19.9 Å². The molecule has 5 heteroatoms. The van der Waals surface area contributed by atoms with Crippen LogP contribution in [0, 0.1) is 11.6 Å². The van der Waals surface area contributed by atoms with E-state index in [0.717, 1.165) is 28.7 Å². The van der Waals surface area contributed by atoms with Gasteiger partial charge < -0.3 is 10.1 Å². The van der Waals surface area contributed by atoms with Crippen molar-refractivity contribution in [3.8, 4) is 11.5 Å². The standard InChI is InChI=1S/C16H16BrF2NO/c1-3-20-10(2)13-6-4-11(17)8-16(13)21-12-5-7-14(18)15(19)9-12/h4-10,20H,3H2,1-2H3. The molecule has 0 aliphatic heterocycles. The van der Waals surface area contributed by atoms with Gasteiger partial charge in [0, 0.05) is 22.1 Å². The summed E-state index contributed by atoms with van der Waals surface area (Å²) in [5.74, 6) is -0.956. The highest BCUT2D eigenvalue weighted by Crippen LogP contribution is 2.32. The molecule has 1 atom stereocenters. The van der Waals surface area contributed by atoms with E-state index in [9.17, 15) is 8.78 Å². The van der Waals surface area contributed by atoms with Crippen molar-refractivity contribution in [3.63, 3.8) is 0 Å². The van der Waals surface area contributed by atoms with Crippen LogP contribution < -0.4 is 10.1 Å². The van der Waals surface area contributed by atoms with E-state index in [1.807, 2.05) is 32.0 Å².